The lowest BCUT2D eigenvalue weighted by atomic mass is 10.0. The van der Waals surface area contributed by atoms with Crippen LogP contribution in [0, 0.1) is 5.92 Å². The molecular weight excluding hydrogens is 206 g/mol. The van der Waals surface area contributed by atoms with Crippen molar-refractivity contribution in [2.24, 2.45) is 11.7 Å². The second kappa shape index (κ2) is 7.22. The van der Waals surface area contributed by atoms with Gasteiger partial charge in [-0.05, 0) is 12.3 Å². The zero-order valence-corrected chi connectivity index (χ0v) is 10.6. The molecule has 0 aliphatic heterocycles. The van der Waals surface area contributed by atoms with Gasteiger partial charge in [-0.2, -0.15) is 0 Å². The Kier molecular flexibility index (Phi) is 6.72. The highest BCUT2D eigenvalue weighted by Gasteiger charge is 2.12. The van der Waals surface area contributed by atoms with Crippen LogP contribution in [0.5, 0.6) is 0 Å². The maximum atomic E-state index is 11.5. The molecule has 2 amide bonds. The molecular formula is C11H23N3O2. The van der Waals surface area contributed by atoms with Gasteiger partial charge < -0.3 is 16.0 Å². The third-order valence-corrected chi connectivity index (χ3v) is 2.57. The van der Waals surface area contributed by atoms with E-state index in [9.17, 15) is 9.59 Å². The lowest BCUT2D eigenvalue weighted by molar-refractivity contribution is -0.131. The molecule has 0 aromatic heterocycles. The predicted molar refractivity (Wildman–Crippen MR) is 63.8 cm³/mol. The van der Waals surface area contributed by atoms with Crippen LogP contribution in [0.1, 0.15) is 27.2 Å². The average molecular weight is 229 g/mol. The van der Waals surface area contributed by atoms with Gasteiger partial charge in [0.05, 0.1) is 6.54 Å². The Hall–Kier alpha value is -1.10. The number of carbonyl (C=O) groups is 2. The van der Waals surface area contributed by atoms with Crippen LogP contribution in [-0.4, -0.2) is 42.9 Å². The van der Waals surface area contributed by atoms with Crippen molar-refractivity contribution in [2.45, 2.75) is 33.2 Å². The van der Waals surface area contributed by atoms with E-state index < -0.39 is 0 Å². The first-order valence-electron chi connectivity index (χ1n) is 5.58. The van der Waals surface area contributed by atoms with E-state index in [2.05, 4.69) is 19.2 Å². The minimum atomic E-state index is -0.194. The lowest BCUT2D eigenvalue weighted by Gasteiger charge is -2.21. The summed E-state index contributed by atoms with van der Waals surface area (Å²) < 4.78 is 0. The molecule has 94 valence electrons. The van der Waals surface area contributed by atoms with Gasteiger partial charge in [0.15, 0.2) is 0 Å². The van der Waals surface area contributed by atoms with Crippen LogP contribution in [0.2, 0.25) is 0 Å². The molecule has 0 bridgehead atoms. The van der Waals surface area contributed by atoms with Crippen molar-refractivity contribution in [2.75, 3.05) is 20.1 Å². The number of hydrogen-bond acceptors (Lipinski definition) is 3. The topological polar surface area (TPSA) is 75.4 Å². The average Bonchev–Trinajstić information content (AvgIpc) is 2.21. The van der Waals surface area contributed by atoms with E-state index in [0.717, 1.165) is 6.42 Å². The number of likely N-dealkylation sites (N-methyl/N-ethyl adjacent to an activating group) is 1. The third kappa shape index (κ3) is 6.40. The van der Waals surface area contributed by atoms with Gasteiger partial charge in [0.25, 0.3) is 0 Å². The molecule has 16 heavy (non-hydrogen) atoms. The van der Waals surface area contributed by atoms with Crippen molar-refractivity contribution in [3.05, 3.63) is 0 Å². The molecule has 0 saturated carbocycles. The summed E-state index contributed by atoms with van der Waals surface area (Å²) in [7, 11) is 1.72. The van der Waals surface area contributed by atoms with Crippen molar-refractivity contribution >= 4 is 11.8 Å². The Bertz CT molecular complexity index is 241. The van der Waals surface area contributed by atoms with Gasteiger partial charge in [-0.1, -0.05) is 13.8 Å². The van der Waals surface area contributed by atoms with Gasteiger partial charge in [0, 0.05) is 26.6 Å². The van der Waals surface area contributed by atoms with E-state index in [4.69, 9.17) is 5.73 Å². The van der Waals surface area contributed by atoms with E-state index in [0.29, 0.717) is 12.5 Å². The highest BCUT2D eigenvalue weighted by molar-refractivity contribution is 5.83. The first-order valence-corrected chi connectivity index (χ1v) is 5.58. The minimum Gasteiger partial charge on any atom is -0.347 e. The van der Waals surface area contributed by atoms with Crippen molar-refractivity contribution in [1.82, 2.24) is 10.2 Å². The number of nitrogens with zero attached hydrogens (tertiary/aromatic N) is 1. The molecule has 0 aromatic rings. The highest BCUT2D eigenvalue weighted by atomic mass is 16.2. The highest BCUT2D eigenvalue weighted by Crippen LogP contribution is 2.03. The summed E-state index contributed by atoms with van der Waals surface area (Å²) in [6.07, 6.45) is 0.778. The summed E-state index contributed by atoms with van der Waals surface area (Å²) in [5.41, 5.74) is 5.88. The van der Waals surface area contributed by atoms with E-state index >= 15 is 0 Å². The fraction of sp³-hybridized carbons (Fsp3) is 0.818. The summed E-state index contributed by atoms with van der Waals surface area (Å²) in [6, 6.07) is 0.107. The zero-order valence-electron chi connectivity index (χ0n) is 10.6. The van der Waals surface area contributed by atoms with Crippen molar-refractivity contribution in [1.29, 1.82) is 0 Å². The fourth-order valence-electron chi connectivity index (χ4n) is 1.14. The summed E-state index contributed by atoms with van der Waals surface area (Å²) in [6.45, 7) is 6.19. The van der Waals surface area contributed by atoms with Crippen LogP contribution in [0.4, 0.5) is 0 Å². The van der Waals surface area contributed by atoms with E-state index in [1.54, 1.807) is 11.9 Å². The molecule has 0 heterocycles. The molecule has 0 radical (unpaired) electrons. The molecule has 3 N–H and O–H groups in total. The fourth-order valence-corrected chi connectivity index (χ4v) is 1.14. The standard InChI is InChI=1S/C11H23N3O2/c1-8(2)10(12)5-6-14(4)11(16)7-13-9(3)15/h8,10H,5-7,12H2,1-4H3,(H,13,15). The molecule has 0 saturated heterocycles. The minimum absolute atomic E-state index is 0.0583. The summed E-state index contributed by atoms with van der Waals surface area (Å²) in [4.78, 5) is 23.7. The molecule has 5 heteroatoms. The van der Waals surface area contributed by atoms with Gasteiger partial charge in [-0.3, -0.25) is 9.59 Å². The molecule has 0 rings (SSSR count). The van der Waals surface area contributed by atoms with Gasteiger partial charge in [-0.25, -0.2) is 0 Å². The first kappa shape index (κ1) is 14.9. The molecule has 0 aliphatic carbocycles. The van der Waals surface area contributed by atoms with Crippen molar-refractivity contribution < 1.29 is 9.59 Å². The summed E-state index contributed by atoms with van der Waals surface area (Å²) in [5, 5.41) is 2.48. The van der Waals surface area contributed by atoms with Crippen molar-refractivity contribution in [3.63, 3.8) is 0 Å². The maximum Gasteiger partial charge on any atom is 0.241 e. The predicted octanol–water partition coefficient (Wildman–Crippen LogP) is -0.0457. The Labute approximate surface area is 97.4 Å². The normalized spacial score (nSPS) is 12.4. The second-order valence-electron chi connectivity index (χ2n) is 4.42. The number of hydrogen-bond donors (Lipinski definition) is 2. The molecule has 0 aliphatic rings. The Morgan fingerprint density at radius 3 is 2.38 bits per heavy atom. The van der Waals surface area contributed by atoms with Crippen LogP contribution < -0.4 is 11.1 Å². The van der Waals surface area contributed by atoms with Gasteiger partial charge >= 0.3 is 0 Å². The van der Waals surface area contributed by atoms with E-state index in [1.165, 1.54) is 6.92 Å². The number of rotatable bonds is 6. The van der Waals surface area contributed by atoms with Crippen LogP contribution in [0.15, 0.2) is 0 Å². The van der Waals surface area contributed by atoms with Crippen LogP contribution in [0.25, 0.3) is 0 Å². The second-order valence-corrected chi connectivity index (χ2v) is 4.42. The van der Waals surface area contributed by atoms with Crippen molar-refractivity contribution in [3.8, 4) is 0 Å². The lowest BCUT2D eigenvalue weighted by Crippen LogP contribution is -2.40. The zero-order chi connectivity index (χ0) is 12.7. The van der Waals surface area contributed by atoms with Gasteiger partial charge in [0.1, 0.15) is 0 Å². The Morgan fingerprint density at radius 2 is 1.94 bits per heavy atom. The Balaban J connectivity index is 3.83. The Morgan fingerprint density at radius 1 is 1.38 bits per heavy atom. The summed E-state index contributed by atoms with van der Waals surface area (Å²) >= 11 is 0. The summed E-state index contributed by atoms with van der Waals surface area (Å²) in [5.74, 6) is 0.130. The maximum absolute atomic E-state index is 11.5. The van der Waals surface area contributed by atoms with Crippen LogP contribution >= 0.6 is 0 Å². The monoisotopic (exact) mass is 229 g/mol. The number of nitrogens with one attached hydrogen (secondary N) is 1. The van der Waals surface area contributed by atoms with E-state index in [1.807, 2.05) is 0 Å². The molecule has 0 aromatic carbocycles. The quantitative estimate of drug-likeness (QED) is 0.671. The number of amides is 2. The van der Waals surface area contributed by atoms with E-state index in [-0.39, 0.29) is 24.4 Å². The largest absolute Gasteiger partial charge is 0.347 e. The molecule has 0 fully saturated rings. The van der Waals surface area contributed by atoms with Crippen LogP contribution in [-0.2, 0) is 9.59 Å². The number of nitrogens with two attached hydrogens (primary N) is 1. The molecule has 1 unspecified atom stereocenters. The van der Waals surface area contributed by atoms with Gasteiger partial charge in [-0.15, -0.1) is 0 Å². The third-order valence-electron chi connectivity index (χ3n) is 2.57. The first-order chi connectivity index (χ1) is 7.34. The van der Waals surface area contributed by atoms with Gasteiger partial charge in [0.2, 0.25) is 11.8 Å². The number of carbonyl (C=O) groups excluding carboxylic acids is 2. The molecule has 0 spiro atoms. The molecule has 1 atom stereocenters. The smallest absolute Gasteiger partial charge is 0.241 e. The molecule has 5 nitrogen and oxygen atoms in total. The SMILES string of the molecule is CC(=O)NCC(=O)N(C)CCC(N)C(C)C. The van der Waals surface area contributed by atoms with Crippen LogP contribution in [0.3, 0.4) is 0 Å².